The third-order valence-electron chi connectivity index (χ3n) is 2.51. The summed E-state index contributed by atoms with van der Waals surface area (Å²) in [5, 5.41) is 2.92. The minimum Gasteiger partial charge on any atom is -0.388 e. The van der Waals surface area contributed by atoms with Crippen LogP contribution in [0.5, 0.6) is 0 Å². The van der Waals surface area contributed by atoms with Crippen molar-refractivity contribution in [3.63, 3.8) is 0 Å². The van der Waals surface area contributed by atoms with E-state index in [0.717, 1.165) is 18.3 Å². The van der Waals surface area contributed by atoms with Crippen LogP contribution in [0.15, 0.2) is 18.2 Å². The third kappa shape index (κ3) is 3.65. The number of rotatable bonds is 3. The highest BCUT2D eigenvalue weighted by molar-refractivity contribution is 5.94. The topological polar surface area (TPSA) is 32.3 Å². The number of carbonyl (C=O) groups excluding carboxylic acids is 1. The van der Waals surface area contributed by atoms with Gasteiger partial charge in [-0.1, -0.05) is 0 Å². The zero-order valence-electron chi connectivity index (χ0n) is 10.4. The fraction of sp³-hybridized carbons (Fsp3) is 0.417. The number of halogens is 3. The summed E-state index contributed by atoms with van der Waals surface area (Å²) in [5.74, 6) is -0.641. The van der Waals surface area contributed by atoms with Crippen LogP contribution >= 0.6 is 0 Å². The van der Waals surface area contributed by atoms with Gasteiger partial charge in [-0.3, -0.25) is 4.79 Å². The molecule has 0 bridgehead atoms. The molecule has 0 aromatic heterocycles. The van der Waals surface area contributed by atoms with Crippen LogP contribution < -0.4 is 5.32 Å². The molecule has 0 aliphatic carbocycles. The van der Waals surface area contributed by atoms with Crippen molar-refractivity contribution in [3.8, 4) is 0 Å². The quantitative estimate of drug-likeness (QED) is 0.906. The second kappa shape index (κ2) is 5.29. The maximum Gasteiger partial charge on any atom is 0.406 e. The Morgan fingerprint density at radius 3 is 2.44 bits per heavy atom. The van der Waals surface area contributed by atoms with Crippen LogP contribution in [0.4, 0.5) is 18.9 Å². The number of alkyl halides is 3. The lowest BCUT2D eigenvalue weighted by Gasteiger charge is -2.19. The van der Waals surface area contributed by atoms with Crippen molar-refractivity contribution < 1.29 is 18.0 Å². The van der Waals surface area contributed by atoms with Gasteiger partial charge in [-0.2, -0.15) is 13.2 Å². The molecule has 0 aliphatic heterocycles. The van der Waals surface area contributed by atoms with Gasteiger partial charge in [-0.25, -0.2) is 0 Å². The maximum atomic E-state index is 12.2. The minimum atomic E-state index is -4.38. The van der Waals surface area contributed by atoms with E-state index in [9.17, 15) is 18.0 Å². The summed E-state index contributed by atoms with van der Waals surface area (Å²) < 4.78 is 36.5. The average molecular weight is 260 g/mol. The number of amides is 1. The van der Waals surface area contributed by atoms with E-state index in [2.05, 4.69) is 5.32 Å². The predicted octanol–water partition coefficient (Wildman–Crippen LogP) is 2.67. The molecule has 18 heavy (non-hydrogen) atoms. The van der Waals surface area contributed by atoms with E-state index in [1.54, 1.807) is 26.1 Å². The zero-order chi connectivity index (χ0) is 13.9. The van der Waals surface area contributed by atoms with E-state index in [4.69, 9.17) is 0 Å². The maximum absolute atomic E-state index is 12.2. The van der Waals surface area contributed by atoms with Gasteiger partial charge in [0.05, 0.1) is 0 Å². The SMILES string of the molecule is CNc1ccc(C(=O)N(C)CC(F)(F)F)cc1C. The van der Waals surface area contributed by atoms with Crippen molar-refractivity contribution in [3.05, 3.63) is 29.3 Å². The van der Waals surface area contributed by atoms with E-state index in [1.807, 2.05) is 0 Å². The summed E-state index contributed by atoms with van der Waals surface area (Å²) in [4.78, 5) is 12.4. The fourth-order valence-electron chi connectivity index (χ4n) is 1.64. The number of anilines is 1. The molecule has 0 aliphatic rings. The highest BCUT2D eigenvalue weighted by Gasteiger charge is 2.31. The molecule has 1 amide bonds. The molecule has 6 heteroatoms. The first-order chi connectivity index (χ1) is 8.24. The Kier molecular flexibility index (Phi) is 4.21. The van der Waals surface area contributed by atoms with Gasteiger partial charge in [0.25, 0.3) is 5.91 Å². The molecular weight excluding hydrogens is 245 g/mol. The second-order valence-corrected chi connectivity index (χ2v) is 4.06. The molecule has 3 nitrogen and oxygen atoms in total. The lowest BCUT2D eigenvalue weighted by atomic mass is 10.1. The molecule has 0 saturated carbocycles. The molecule has 0 heterocycles. The molecule has 0 unspecified atom stereocenters. The molecule has 1 N–H and O–H groups in total. The van der Waals surface area contributed by atoms with Crippen LogP contribution in [-0.4, -0.2) is 37.6 Å². The number of carbonyl (C=O) groups is 1. The van der Waals surface area contributed by atoms with Gasteiger partial charge in [-0.15, -0.1) is 0 Å². The van der Waals surface area contributed by atoms with Crippen molar-refractivity contribution in [1.29, 1.82) is 0 Å². The molecule has 0 saturated heterocycles. The van der Waals surface area contributed by atoms with Crippen molar-refractivity contribution in [2.24, 2.45) is 0 Å². The van der Waals surface area contributed by atoms with Gasteiger partial charge in [0.2, 0.25) is 0 Å². The zero-order valence-corrected chi connectivity index (χ0v) is 10.4. The minimum absolute atomic E-state index is 0.248. The largest absolute Gasteiger partial charge is 0.406 e. The Morgan fingerprint density at radius 1 is 1.39 bits per heavy atom. The Morgan fingerprint density at radius 2 is 2.00 bits per heavy atom. The number of nitrogens with one attached hydrogen (secondary N) is 1. The summed E-state index contributed by atoms with van der Waals surface area (Å²) in [5.41, 5.74) is 1.90. The van der Waals surface area contributed by atoms with Crippen LogP contribution in [0.25, 0.3) is 0 Å². The monoisotopic (exact) mass is 260 g/mol. The van der Waals surface area contributed by atoms with Crippen LogP contribution in [0.2, 0.25) is 0 Å². The molecule has 0 radical (unpaired) electrons. The van der Waals surface area contributed by atoms with Crippen LogP contribution in [0, 0.1) is 6.92 Å². The average Bonchev–Trinajstić information content (AvgIpc) is 2.25. The van der Waals surface area contributed by atoms with Crippen LogP contribution in [0.3, 0.4) is 0 Å². The Bertz CT molecular complexity index is 443. The lowest BCUT2D eigenvalue weighted by Crippen LogP contribution is -2.35. The molecule has 1 aromatic carbocycles. The predicted molar refractivity (Wildman–Crippen MR) is 63.7 cm³/mol. The van der Waals surface area contributed by atoms with Gasteiger partial charge in [0, 0.05) is 25.3 Å². The second-order valence-electron chi connectivity index (χ2n) is 4.06. The summed E-state index contributed by atoms with van der Waals surface area (Å²) in [6.07, 6.45) is -4.38. The lowest BCUT2D eigenvalue weighted by molar-refractivity contribution is -0.138. The summed E-state index contributed by atoms with van der Waals surface area (Å²) in [6, 6.07) is 4.75. The molecular formula is C12H15F3N2O. The van der Waals surface area contributed by atoms with Gasteiger partial charge in [0.15, 0.2) is 0 Å². The van der Waals surface area contributed by atoms with Crippen molar-refractivity contribution in [1.82, 2.24) is 4.90 Å². The van der Waals surface area contributed by atoms with E-state index < -0.39 is 18.6 Å². The van der Waals surface area contributed by atoms with E-state index in [1.165, 1.54) is 6.07 Å². The highest BCUT2D eigenvalue weighted by Crippen LogP contribution is 2.19. The first-order valence-electron chi connectivity index (χ1n) is 5.35. The number of benzene rings is 1. The summed E-state index contributed by atoms with van der Waals surface area (Å²) >= 11 is 0. The normalized spacial score (nSPS) is 11.2. The number of aryl methyl sites for hydroxylation is 1. The van der Waals surface area contributed by atoms with Gasteiger partial charge < -0.3 is 10.2 Å². The molecule has 0 spiro atoms. The van der Waals surface area contributed by atoms with Crippen molar-refractivity contribution >= 4 is 11.6 Å². The Hall–Kier alpha value is -1.72. The van der Waals surface area contributed by atoms with E-state index >= 15 is 0 Å². The molecule has 1 aromatic rings. The fourth-order valence-corrected chi connectivity index (χ4v) is 1.64. The first-order valence-corrected chi connectivity index (χ1v) is 5.35. The molecule has 0 atom stereocenters. The third-order valence-corrected chi connectivity index (χ3v) is 2.51. The van der Waals surface area contributed by atoms with E-state index in [0.29, 0.717) is 4.90 Å². The van der Waals surface area contributed by atoms with Crippen LogP contribution in [-0.2, 0) is 0 Å². The molecule has 100 valence electrons. The van der Waals surface area contributed by atoms with Gasteiger partial charge in [-0.05, 0) is 30.7 Å². The summed E-state index contributed by atoms with van der Waals surface area (Å²) in [7, 11) is 2.87. The number of hydrogen-bond acceptors (Lipinski definition) is 2. The first kappa shape index (κ1) is 14.3. The Labute approximate surface area is 104 Å². The van der Waals surface area contributed by atoms with Gasteiger partial charge in [0.1, 0.15) is 6.54 Å². The molecule has 1 rings (SSSR count). The van der Waals surface area contributed by atoms with Crippen LogP contribution in [0.1, 0.15) is 15.9 Å². The number of hydrogen-bond donors (Lipinski definition) is 1. The summed E-state index contributed by atoms with van der Waals surface area (Å²) in [6.45, 7) is 0.533. The highest BCUT2D eigenvalue weighted by atomic mass is 19.4. The molecule has 0 fully saturated rings. The Balaban J connectivity index is 2.87. The standard InChI is InChI=1S/C12H15F3N2O/c1-8-6-9(4-5-10(8)16-2)11(18)17(3)7-12(13,14)15/h4-6,16H,7H2,1-3H3. The van der Waals surface area contributed by atoms with Crippen molar-refractivity contribution in [2.45, 2.75) is 13.1 Å². The van der Waals surface area contributed by atoms with E-state index in [-0.39, 0.29) is 5.56 Å². The van der Waals surface area contributed by atoms with Crippen molar-refractivity contribution in [2.75, 3.05) is 26.0 Å². The van der Waals surface area contributed by atoms with Gasteiger partial charge >= 0.3 is 6.18 Å². The smallest absolute Gasteiger partial charge is 0.388 e. The number of nitrogens with zero attached hydrogens (tertiary/aromatic N) is 1.